The fraction of sp³-hybridized carbons (Fsp3) is 0.250. The number of hydrogen-bond donors (Lipinski definition) is 1. The Balaban J connectivity index is 0.00000144. The molecule has 2 N–H and O–H groups in total. The first kappa shape index (κ1) is 11.7. The minimum Gasteiger partial charge on any atom is -0.398 e. The van der Waals surface area contributed by atoms with Gasteiger partial charge in [0, 0.05) is 17.3 Å². The second-order valence-electron chi connectivity index (χ2n) is 2.75. The van der Waals surface area contributed by atoms with Crippen molar-refractivity contribution < 1.29 is 4.92 Å². The molecule has 0 bridgehead atoms. The smallest absolute Gasteiger partial charge is 0.272 e. The number of anilines is 1. The predicted molar refractivity (Wildman–Crippen MR) is 54.2 cm³/mol. The van der Waals surface area contributed by atoms with Gasteiger partial charge in [-0.15, -0.1) is 12.4 Å². The standard InChI is InChI=1S/C8H10N2O2.ClH/c1-5-4-8(10(11)12)6(2)3-7(5)9;/h3-4H,9H2,1-2H3;1H. The van der Waals surface area contributed by atoms with E-state index >= 15 is 0 Å². The molecule has 0 aliphatic carbocycles. The van der Waals surface area contributed by atoms with Crippen molar-refractivity contribution in [3.05, 3.63) is 33.4 Å². The zero-order valence-electron chi connectivity index (χ0n) is 7.40. The summed E-state index contributed by atoms with van der Waals surface area (Å²) in [5.41, 5.74) is 7.63. The van der Waals surface area contributed by atoms with Gasteiger partial charge in [-0.1, -0.05) is 0 Å². The van der Waals surface area contributed by atoms with E-state index in [9.17, 15) is 10.1 Å². The number of aryl methyl sites for hydroxylation is 2. The van der Waals surface area contributed by atoms with Crippen molar-refractivity contribution in [3.8, 4) is 0 Å². The summed E-state index contributed by atoms with van der Waals surface area (Å²) in [6.45, 7) is 3.43. The largest absolute Gasteiger partial charge is 0.398 e. The highest BCUT2D eigenvalue weighted by Gasteiger charge is 2.11. The van der Waals surface area contributed by atoms with Gasteiger partial charge in [0.15, 0.2) is 0 Å². The van der Waals surface area contributed by atoms with Gasteiger partial charge in [0.05, 0.1) is 4.92 Å². The van der Waals surface area contributed by atoms with Crippen LogP contribution in [0.25, 0.3) is 0 Å². The molecule has 0 aromatic heterocycles. The van der Waals surface area contributed by atoms with Gasteiger partial charge in [0.1, 0.15) is 0 Å². The average Bonchev–Trinajstić information content (AvgIpc) is 1.96. The van der Waals surface area contributed by atoms with E-state index in [2.05, 4.69) is 0 Å². The van der Waals surface area contributed by atoms with Gasteiger partial charge in [-0.25, -0.2) is 0 Å². The van der Waals surface area contributed by atoms with E-state index in [0.29, 0.717) is 11.3 Å². The van der Waals surface area contributed by atoms with Crippen molar-refractivity contribution in [2.75, 3.05) is 5.73 Å². The molecule has 1 aromatic rings. The molecule has 0 amide bonds. The summed E-state index contributed by atoms with van der Waals surface area (Å²) >= 11 is 0. The van der Waals surface area contributed by atoms with Gasteiger partial charge in [0.2, 0.25) is 0 Å². The monoisotopic (exact) mass is 202 g/mol. The molecule has 0 heterocycles. The summed E-state index contributed by atoms with van der Waals surface area (Å²) < 4.78 is 0. The number of hydrogen-bond acceptors (Lipinski definition) is 3. The number of halogens is 1. The lowest BCUT2D eigenvalue weighted by molar-refractivity contribution is -0.385. The van der Waals surface area contributed by atoms with Crippen LogP contribution in [0.15, 0.2) is 12.1 Å². The Morgan fingerprint density at radius 1 is 1.31 bits per heavy atom. The highest BCUT2D eigenvalue weighted by molar-refractivity contribution is 5.85. The van der Waals surface area contributed by atoms with Gasteiger partial charge < -0.3 is 5.73 Å². The maximum absolute atomic E-state index is 10.5. The van der Waals surface area contributed by atoms with E-state index in [1.54, 1.807) is 19.9 Å². The quantitative estimate of drug-likeness (QED) is 0.431. The SMILES string of the molecule is Cc1cc([N+](=O)[O-])c(C)cc1N.Cl. The van der Waals surface area contributed by atoms with Crippen molar-refractivity contribution in [3.63, 3.8) is 0 Å². The van der Waals surface area contributed by atoms with Crippen LogP contribution in [0.5, 0.6) is 0 Å². The van der Waals surface area contributed by atoms with Crippen molar-refractivity contribution in [2.45, 2.75) is 13.8 Å². The molecule has 0 atom stereocenters. The molecule has 5 heteroatoms. The van der Waals surface area contributed by atoms with Crippen LogP contribution in [0.1, 0.15) is 11.1 Å². The van der Waals surface area contributed by atoms with Gasteiger partial charge in [-0.3, -0.25) is 10.1 Å². The molecule has 0 aliphatic rings. The highest BCUT2D eigenvalue weighted by atomic mass is 35.5. The highest BCUT2D eigenvalue weighted by Crippen LogP contribution is 2.23. The van der Waals surface area contributed by atoms with Gasteiger partial charge in [-0.2, -0.15) is 0 Å². The fourth-order valence-corrected chi connectivity index (χ4v) is 1.02. The van der Waals surface area contributed by atoms with E-state index < -0.39 is 4.92 Å². The number of nitro groups is 1. The number of benzene rings is 1. The van der Waals surface area contributed by atoms with Crippen molar-refractivity contribution in [1.29, 1.82) is 0 Å². The summed E-state index contributed by atoms with van der Waals surface area (Å²) in [6, 6.07) is 3.11. The van der Waals surface area contributed by atoms with Crippen LogP contribution < -0.4 is 5.73 Å². The number of nitro benzene ring substituents is 1. The molecule has 0 saturated heterocycles. The lowest BCUT2D eigenvalue weighted by Gasteiger charge is -2.01. The molecule has 1 aromatic carbocycles. The first-order chi connectivity index (χ1) is 5.52. The van der Waals surface area contributed by atoms with Crippen LogP contribution in [0.2, 0.25) is 0 Å². The molecule has 13 heavy (non-hydrogen) atoms. The maximum atomic E-state index is 10.5. The van der Waals surface area contributed by atoms with Crippen LogP contribution in [0.3, 0.4) is 0 Å². The molecular formula is C8H11ClN2O2. The minimum absolute atomic E-state index is 0. The zero-order valence-corrected chi connectivity index (χ0v) is 8.22. The van der Waals surface area contributed by atoms with Crippen LogP contribution in [-0.2, 0) is 0 Å². The van der Waals surface area contributed by atoms with Crippen molar-refractivity contribution in [1.82, 2.24) is 0 Å². The lowest BCUT2D eigenvalue weighted by Crippen LogP contribution is -1.96. The molecule has 0 spiro atoms. The van der Waals surface area contributed by atoms with Crippen LogP contribution in [-0.4, -0.2) is 4.92 Å². The first-order valence-corrected chi connectivity index (χ1v) is 3.53. The summed E-state index contributed by atoms with van der Waals surface area (Å²) in [7, 11) is 0. The third-order valence-corrected chi connectivity index (χ3v) is 1.78. The Morgan fingerprint density at radius 2 is 1.85 bits per heavy atom. The van der Waals surface area contributed by atoms with E-state index in [4.69, 9.17) is 5.73 Å². The second-order valence-corrected chi connectivity index (χ2v) is 2.75. The molecule has 0 unspecified atom stereocenters. The summed E-state index contributed by atoms with van der Waals surface area (Å²) in [5, 5.41) is 10.5. The average molecular weight is 203 g/mol. The number of rotatable bonds is 1. The van der Waals surface area contributed by atoms with E-state index in [1.807, 2.05) is 0 Å². The van der Waals surface area contributed by atoms with E-state index in [0.717, 1.165) is 5.56 Å². The van der Waals surface area contributed by atoms with Gasteiger partial charge in [-0.05, 0) is 25.5 Å². The number of nitrogens with zero attached hydrogens (tertiary/aromatic N) is 1. The Hall–Kier alpha value is -1.29. The molecule has 72 valence electrons. The van der Waals surface area contributed by atoms with Gasteiger partial charge >= 0.3 is 0 Å². The molecule has 0 aliphatic heterocycles. The third-order valence-electron chi connectivity index (χ3n) is 1.78. The maximum Gasteiger partial charge on any atom is 0.272 e. The van der Waals surface area contributed by atoms with Crippen LogP contribution in [0, 0.1) is 24.0 Å². The molecule has 0 saturated carbocycles. The Kier molecular flexibility index (Phi) is 3.69. The van der Waals surface area contributed by atoms with Crippen LogP contribution >= 0.6 is 12.4 Å². The molecule has 0 fully saturated rings. The molecule has 4 nitrogen and oxygen atoms in total. The fourth-order valence-electron chi connectivity index (χ4n) is 1.02. The molecule has 1 rings (SSSR count). The van der Waals surface area contributed by atoms with Gasteiger partial charge in [0.25, 0.3) is 5.69 Å². The Bertz CT molecular complexity index is 339. The molecular weight excluding hydrogens is 192 g/mol. The number of nitrogen functional groups attached to an aromatic ring is 1. The third kappa shape index (κ3) is 2.32. The Labute approximate surface area is 82.3 Å². The minimum atomic E-state index is -0.401. The summed E-state index contributed by atoms with van der Waals surface area (Å²) in [4.78, 5) is 10.0. The van der Waals surface area contributed by atoms with Crippen molar-refractivity contribution >= 4 is 23.8 Å². The lowest BCUT2D eigenvalue weighted by atomic mass is 10.1. The topological polar surface area (TPSA) is 69.2 Å². The van der Waals surface area contributed by atoms with Crippen molar-refractivity contribution in [2.24, 2.45) is 0 Å². The van der Waals surface area contributed by atoms with Crippen LogP contribution in [0.4, 0.5) is 11.4 Å². The van der Waals surface area contributed by atoms with E-state index in [1.165, 1.54) is 6.07 Å². The second kappa shape index (κ2) is 4.09. The summed E-state index contributed by atoms with van der Waals surface area (Å²) in [5.74, 6) is 0. The number of nitrogens with two attached hydrogens (primary N) is 1. The normalized spacial score (nSPS) is 9.08. The zero-order chi connectivity index (χ0) is 9.30. The predicted octanol–water partition coefficient (Wildman–Crippen LogP) is 2.22. The summed E-state index contributed by atoms with van der Waals surface area (Å²) in [6.07, 6.45) is 0. The Morgan fingerprint density at radius 3 is 2.31 bits per heavy atom. The van der Waals surface area contributed by atoms with E-state index in [-0.39, 0.29) is 18.1 Å². The first-order valence-electron chi connectivity index (χ1n) is 3.53. The molecule has 0 radical (unpaired) electrons.